The van der Waals surface area contributed by atoms with Crippen molar-refractivity contribution in [1.82, 2.24) is 0 Å². The number of ketones is 1. The Morgan fingerprint density at radius 1 is 1.50 bits per heavy atom. The highest BCUT2D eigenvalue weighted by Gasteiger charge is 2.14. The highest BCUT2D eigenvalue weighted by Crippen LogP contribution is 2.16. The van der Waals surface area contributed by atoms with Crippen molar-refractivity contribution in [3.8, 4) is 0 Å². The minimum absolute atomic E-state index is 0.0239. The van der Waals surface area contributed by atoms with Crippen molar-refractivity contribution in [3.63, 3.8) is 0 Å². The summed E-state index contributed by atoms with van der Waals surface area (Å²) in [5.74, 6) is 0.0239. The van der Waals surface area contributed by atoms with Gasteiger partial charge in [-0.1, -0.05) is 35.0 Å². The number of hydrogen-bond acceptors (Lipinski definition) is 3. The highest BCUT2D eigenvalue weighted by atomic mass is 79.9. The zero-order valence-corrected chi connectivity index (χ0v) is 9.28. The number of rotatable bonds is 3. The van der Waals surface area contributed by atoms with Crippen LogP contribution < -0.4 is 5.46 Å². The van der Waals surface area contributed by atoms with E-state index in [-0.39, 0.29) is 5.78 Å². The Bertz CT molecular complexity index is 352. The number of carbonyl (C=O) groups is 1. The first-order valence-electron chi connectivity index (χ1n) is 4.25. The van der Waals surface area contributed by atoms with Crippen LogP contribution in [0.1, 0.15) is 23.7 Å². The predicted octanol–water partition coefficient (Wildman–Crippen LogP) is 0.722. The molecular formula is C9H10BBrO3. The van der Waals surface area contributed by atoms with Gasteiger partial charge in [0, 0.05) is 16.5 Å². The van der Waals surface area contributed by atoms with E-state index in [2.05, 4.69) is 15.9 Å². The molecule has 5 heteroatoms. The van der Waals surface area contributed by atoms with E-state index in [0.29, 0.717) is 21.9 Å². The summed E-state index contributed by atoms with van der Waals surface area (Å²) >= 11 is 3.21. The number of carbonyl (C=O) groups excluding carboxylic acids is 1. The van der Waals surface area contributed by atoms with Crippen molar-refractivity contribution < 1.29 is 14.8 Å². The molecule has 0 saturated heterocycles. The second kappa shape index (κ2) is 4.73. The lowest BCUT2D eigenvalue weighted by Gasteiger charge is -2.04. The van der Waals surface area contributed by atoms with E-state index in [1.807, 2.05) is 0 Å². The molecule has 0 spiro atoms. The Kier molecular flexibility index (Phi) is 3.86. The standard InChI is InChI=1S/C9H10BBrO3/c1-2-9(12)7-4-3-6(10(13)14)5-8(7)11/h3-5,13-14H,2H2,1H3. The van der Waals surface area contributed by atoms with Gasteiger partial charge in [0.15, 0.2) is 5.78 Å². The average Bonchev–Trinajstić information content (AvgIpc) is 2.16. The molecule has 14 heavy (non-hydrogen) atoms. The summed E-state index contributed by atoms with van der Waals surface area (Å²) in [5, 5.41) is 17.8. The van der Waals surface area contributed by atoms with Gasteiger partial charge in [-0.15, -0.1) is 0 Å². The Morgan fingerprint density at radius 2 is 2.14 bits per heavy atom. The molecule has 0 atom stereocenters. The normalized spacial score (nSPS) is 10.0. The molecule has 0 unspecified atom stereocenters. The molecule has 1 aromatic carbocycles. The van der Waals surface area contributed by atoms with E-state index >= 15 is 0 Å². The van der Waals surface area contributed by atoms with Crippen molar-refractivity contribution >= 4 is 34.3 Å². The maximum absolute atomic E-state index is 11.4. The van der Waals surface area contributed by atoms with Crippen LogP contribution >= 0.6 is 15.9 Å². The lowest BCUT2D eigenvalue weighted by Crippen LogP contribution is -2.29. The SMILES string of the molecule is CCC(=O)c1ccc(B(O)O)cc1Br. The van der Waals surface area contributed by atoms with E-state index in [1.54, 1.807) is 13.0 Å². The molecule has 0 aliphatic rings. The van der Waals surface area contributed by atoms with Crippen molar-refractivity contribution in [2.45, 2.75) is 13.3 Å². The highest BCUT2D eigenvalue weighted by molar-refractivity contribution is 9.10. The summed E-state index contributed by atoms with van der Waals surface area (Å²) in [4.78, 5) is 11.4. The topological polar surface area (TPSA) is 57.5 Å². The van der Waals surface area contributed by atoms with Gasteiger partial charge in [-0.3, -0.25) is 4.79 Å². The van der Waals surface area contributed by atoms with Crippen molar-refractivity contribution in [2.75, 3.05) is 0 Å². The monoisotopic (exact) mass is 256 g/mol. The molecule has 0 heterocycles. The Labute approximate surface area is 91.0 Å². The lowest BCUT2D eigenvalue weighted by atomic mass is 9.80. The summed E-state index contributed by atoms with van der Waals surface area (Å²) in [6.45, 7) is 1.78. The molecule has 0 amide bonds. The summed E-state index contributed by atoms with van der Waals surface area (Å²) in [6, 6.07) is 4.65. The second-order valence-corrected chi connectivity index (χ2v) is 3.74. The van der Waals surface area contributed by atoms with Crippen LogP contribution in [-0.2, 0) is 0 Å². The molecule has 0 saturated carbocycles. The number of halogens is 1. The van der Waals surface area contributed by atoms with Crippen LogP contribution in [0.3, 0.4) is 0 Å². The molecule has 0 aromatic heterocycles. The first-order chi connectivity index (χ1) is 6.56. The largest absolute Gasteiger partial charge is 0.488 e. The van der Waals surface area contributed by atoms with E-state index < -0.39 is 7.12 Å². The molecule has 0 radical (unpaired) electrons. The smallest absolute Gasteiger partial charge is 0.423 e. The molecule has 74 valence electrons. The summed E-state index contributed by atoms with van der Waals surface area (Å²) in [5.41, 5.74) is 0.932. The quantitative estimate of drug-likeness (QED) is 0.619. The number of hydrogen-bond donors (Lipinski definition) is 2. The fourth-order valence-corrected chi connectivity index (χ4v) is 1.73. The Balaban J connectivity index is 3.07. The van der Waals surface area contributed by atoms with Crippen LogP contribution in [0.25, 0.3) is 0 Å². The van der Waals surface area contributed by atoms with Gasteiger partial charge in [0.2, 0.25) is 0 Å². The van der Waals surface area contributed by atoms with Crippen LogP contribution in [0.15, 0.2) is 22.7 Å². The Morgan fingerprint density at radius 3 is 2.57 bits per heavy atom. The van der Waals surface area contributed by atoms with E-state index in [9.17, 15) is 4.79 Å². The maximum Gasteiger partial charge on any atom is 0.488 e. The maximum atomic E-state index is 11.4. The molecule has 1 rings (SSSR count). The van der Waals surface area contributed by atoms with Crippen molar-refractivity contribution in [1.29, 1.82) is 0 Å². The van der Waals surface area contributed by atoms with Gasteiger partial charge >= 0.3 is 7.12 Å². The summed E-state index contributed by atoms with van der Waals surface area (Å²) < 4.78 is 0.593. The third-order valence-electron chi connectivity index (χ3n) is 1.91. The lowest BCUT2D eigenvalue weighted by molar-refractivity contribution is 0.0987. The molecular weight excluding hydrogens is 247 g/mol. The fourth-order valence-electron chi connectivity index (χ4n) is 1.11. The van der Waals surface area contributed by atoms with Gasteiger partial charge in [0.1, 0.15) is 0 Å². The number of benzene rings is 1. The van der Waals surface area contributed by atoms with Crippen LogP contribution in [-0.4, -0.2) is 22.9 Å². The van der Waals surface area contributed by atoms with Crippen LogP contribution in [0.2, 0.25) is 0 Å². The van der Waals surface area contributed by atoms with Crippen LogP contribution in [0.4, 0.5) is 0 Å². The van der Waals surface area contributed by atoms with E-state index in [4.69, 9.17) is 10.0 Å². The van der Waals surface area contributed by atoms with Gasteiger partial charge in [0.05, 0.1) is 0 Å². The molecule has 0 aliphatic carbocycles. The minimum atomic E-state index is -1.50. The Hall–Kier alpha value is -0.645. The molecule has 0 aliphatic heterocycles. The van der Waals surface area contributed by atoms with Gasteiger partial charge in [-0.25, -0.2) is 0 Å². The van der Waals surface area contributed by atoms with Crippen molar-refractivity contribution in [3.05, 3.63) is 28.2 Å². The van der Waals surface area contributed by atoms with Crippen molar-refractivity contribution in [2.24, 2.45) is 0 Å². The first kappa shape index (κ1) is 11.4. The second-order valence-electron chi connectivity index (χ2n) is 2.89. The van der Waals surface area contributed by atoms with E-state index in [1.165, 1.54) is 12.1 Å². The summed E-state index contributed by atoms with van der Waals surface area (Å²) in [6.07, 6.45) is 0.430. The molecule has 0 bridgehead atoms. The van der Waals surface area contributed by atoms with E-state index in [0.717, 1.165) is 0 Å². The van der Waals surface area contributed by atoms with Gasteiger partial charge in [-0.2, -0.15) is 0 Å². The third-order valence-corrected chi connectivity index (χ3v) is 2.57. The number of Topliss-reactive ketones (excluding diaryl/α,β-unsaturated/α-hetero) is 1. The minimum Gasteiger partial charge on any atom is -0.423 e. The molecule has 0 fully saturated rings. The predicted molar refractivity (Wildman–Crippen MR) is 58.6 cm³/mol. The van der Waals surface area contributed by atoms with Gasteiger partial charge in [-0.05, 0) is 11.5 Å². The van der Waals surface area contributed by atoms with Gasteiger partial charge in [0.25, 0.3) is 0 Å². The molecule has 1 aromatic rings. The van der Waals surface area contributed by atoms with Gasteiger partial charge < -0.3 is 10.0 Å². The molecule has 2 N–H and O–H groups in total. The summed E-state index contributed by atoms with van der Waals surface area (Å²) in [7, 11) is -1.50. The first-order valence-corrected chi connectivity index (χ1v) is 5.04. The van der Waals surface area contributed by atoms with Crippen LogP contribution in [0, 0.1) is 0 Å². The zero-order chi connectivity index (χ0) is 10.7. The van der Waals surface area contributed by atoms with Crippen LogP contribution in [0.5, 0.6) is 0 Å². The third kappa shape index (κ3) is 2.44. The molecule has 3 nitrogen and oxygen atoms in total. The fraction of sp³-hybridized carbons (Fsp3) is 0.222. The average molecular weight is 257 g/mol. The zero-order valence-electron chi connectivity index (χ0n) is 7.70.